The Balaban J connectivity index is 2.26. The van der Waals surface area contributed by atoms with Crippen molar-refractivity contribution in [2.75, 3.05) is 5.32 Å². The molecule has 1 N–H and O–H groups in total. The zero-order chi connectivity index (χ0) is 14.0. The van der Waals surface area contributed by atoms with Crippen LogP contribution in [0, 0.1) is 6.92 Å². The molecule has 0 bridgehead atoms. The van der Waals surface area contributed by atoms with Gasteiger partial charge in [0.15, 0.2) is 0 Å². The SMILES string of the molecule is Cc1cc(Br)cc(Br)c1NC(=O)c1ccc(Br)cc1. The maximum Gasteiger partial charge on any atom is 0.255 e. The summed E-state index contributed by atoms with van der Waals surface area (Å²) >= 11 is 10.2. The Morgan fingerprint density at radius 1 is 1.00 bits per heavy atom. The molecule has 0 aromatic heterocycles. The van der Waals surface area contributed by atoms with Crippen LogP contribution in [-0.4, -0.2) is 5.91 Å². The molecule has 0 fully saturated rings. The lowest BCUT2D eigenvalue weighted by atomic mass is 10.1. The maximum absolute atomic E-state index is 12.2. The van der Waals surface area contributed by atoms with Crippen LogP contribution in [0.1, 0.15) is 15.9 Å². The van der Waals surface area contributed by atoms with Crippen molar-refractivity contribution in [3.05, 3.63) is 60.9 Å². The van der Waals surface area contributed by atoms with Crippen LogP contribution in [0.25, 0.3) is 0 Å². The van der Waals surface area contributed by atoms with Gasteiger partial charge < -0.3 is 5.32 Å². The summed E-state index contributed by atoms with van der Waals surface area (Å²) in [6.45, 7) is 1.95. The fraction of sp³-hybridized carbons (Fsp3) is 0.0714. The zero-order valence-electron chi connectivity index (χ0n) is 10.0. The molecule has 0 heterocycles. The third-order valence-electron chi connectivity index (χ3n) is 2.60. The summed E-state index contributed by atoms with van der Waals surface area (Å²) in [5, 5.41) is 2.92. The number of amides is 1. The second-order valence-electron chi connectivity index (χ2n) is 4.04. The highest BCUT2D eigenvalue weighted by atomic mass is 79.9. The van der Waals surface area contributed by atoms with Gasteiger partial charge in [-0.2, -0.15) is 0 Å². The molecule has 98 valence electrons. The van der Waals surface area contributed by atoms with Gasteiger partial charge in [-0.05, 0) is 64.8 Å². The number of hydrogen-bond acceptors (Lipinski definition) is 1. The van der Waals surface area contributed by atoms with Crippen LogP contribution in [0.3, 0.4) is 0 Å². The van der Waals surface area contributed by atoms with E-state index in [4.69, 9.17) is 0 Å². The van der Waals surface area contributed by atoms with Gasteiger partial charge in [0.25, 0.3) is 5.91 Å². The van der Waals surface area contributed by atoms with E-state index in [1.165, 1.54) is 0 Å². The highest BCUT2D eigenvalue weighted by Gasteiger charge is 2.11. The predicted molar refractivity (Wildman–Crippen MR) is 88.7 cm³/mol. The topological polar surface area (TPSA) is 29.1 Å². The molecular formula is C14H10Br3NO. The van der Waals surface area contributed by atoms with Crippen molar-refractivity contribution in [1.29, 1.82) is 0 Å². The Hall–Kier alpha value is -0.650. The van der Waals surface area contributed by atoms with E-state index in [9.17, 15) is 4.79 Å². The normalized spacial score (nSPS) is 10.3. The first-order chi connectivity index (χ1) is 8.97. The molecule has 0 radical (unpaired) electrons. The third-order valence-corrected chi connectivity index (χ3v) is 4.21. The number of carbonyl (C=O) groups is 1. The van der Waals surface area contributed by atoms with Crippen molar-refractivity contribution in [1.82, 2.24) is 0 Å². The van der Waals surface area contributed by atoms with E-state index in [-0.39, 0.29) is 5.91 Å². The number of halogens is 3. The van der Waals surface area contributed by atoms with Gasteiger partial charge in [0, 0.05) is 19.0 Å². The molecule has 0 aliphatic carbocycles. The smallest absolute Gasteiger partial charge is 0.255 e. The Morgan fingerprint density at radius 3 is 2.21 bits per heavy atom. The number of carbonyl (C=O) groups excluding carboxylic acids is 1. The Morgan fingerprint density at radius 2 is 1.63 bits per heavy atom. The Labute approximate surface area is 137 Å². The molecule has 0 unspecified atom stereocenters. The molecule has 0 aliphatic heterocycles. The molecule has 0 atom stereocenters. The number of benzene rings is 2. The molecule has 0 saturated heterocycles. The predicted octanol–water partition coefficient (Wildman–Crippen LogP) is 5.53. The van der Waals surface area contributed by atoms with Crippen molar-refractivity contribution in [2.24, 2.45) is 0 Å². The van der Waals surface area contributed by atoms with Crippen LogP contribution in [-0.2, 0) is 0 Å². The fourth-order valence-corrected chi connectivity index (χ4v) is 3.45. The van der Waals surface area contributed by atoms with Gasteiger partial charge in [-0.1, -0.05) is 31.9 Å². The molecular weight excluding hydrogens is 438 g/mol. The van der Waals surface area contributed by atoms with Crippen LogP contribution in [0.2, 0.25) is 0 Å². The van der Waals surface area contributed by atoms with Crippen molar-refractivity contribution >= 4 is 59.4 Å². The maximum atomic E-state index is 12.2. The van der Waals surface area contributed by atoms with E-state index in [2.05, 4.69) is 53.1 Å². The fourth-order valence-electron chi connectivity index (χ4n) is 1.65. The highest BCUT2D eigenvalue weighted by molar-refractivity contribution is 9.11. The molecule has 2 nitrogen and oxygen atoms in total. The largest absolute Gasteiger partial charge is 0.321 e. The van der Waals surface area contributed by atoms with Gasteiger partial charge in [0.2, 0.25) is 0 Å². The lowest BCUT2D eigenvalue weighted by Gasteiger charge is -2.11. The summed E-state index contributed by atoms with van der Waals surface area (Å²) in [4.78, 5) is 12.2. The summed E-state index contributed by atoms with van der Waals surface area (Å²) in [5.41, 5.74) is 2.40. The van der Waals surface area contributed by atoms with Crippen molar-refractivity contribution < 1.29 is 4.79 Å². The summed E-state index contributed by atoms with van der Waals surface area (Å²) < 4.78 is 2.77. The van der Waals surface area contributed by atoms with Gasteiger partial charge >= 0.3 is 0 Å². The van der Waals surface area contributed by atoms with Crippen molar-refractivity contribution in [2.45, 2.75) is 6.92 Å². The molecule has 2 rings (SSSR count). The van der Waals surface area contributed by atoms with Gasteiger partial charge in [-0.15, -0.1) is 0 Å². The van der Waals surface area contributed by atoms with Crippen LogP contribution in [0.5, 0.6) is 0 Å². The van der Waals surface area contributed by atoms with Crippen LogP contribution in [0.4, 0.5) is 5.69 Å². The molecule has 5 heteroatoms. The lowest BCUT2D eigenvalue weighted by molar-refractivity contribution is 0.102. The van der Waals surface area contributed by atoms with E-state index in [0.29, 0.717) is 5.56 Å². The van der Waals surface area contributed by atoms with Gasteiger partial charge in [0.1, 0.15) is 0 Å². The number of anilines is 1. The van der Waals surface area contributed by atoms with Crippen molar-refractivity contribution in [3.63, 3.8) is 0 Å². The Kier molecular flexibility index (Phi) is 4.81. The second-order valence-corrected chi connectivity index (χ2v) is 6.73. The summed E-state index contributed by atoms with van der Waals surface area (Å²) in [6.07, 6.45) is 0. The minimum absolute atomic E-state index is 0.126. The molecule has 19 heavy (non-hydrogen) atoms. The lowest BCUT2D eigenvalue weighted by Crippen LogP contribution is -2.13. The first kappa shape index (κ1) is 14.8. The van der Waals surface area contributed by atoms with Gasteiger partial charge in [0.05, 0.1) is 5.69 Å². The van der Waals surface area contributed by atoms with E-state index in [1.807, 2.05) is 31.2 Å². The summed E-state index contributed by atoms with van der Waals surface area (Å²) in [6, 6.07) is 11.1. The third kappa shape index (κ3) is 3.68. The molecule has 0 spiro atoms. The Bertz CT molecular complexity index is 600. The van der Waals surface area contributed by atoms with E-state index < -0.39 is 0 Å². The summed E-state index contributed by atoms with van der Waals surface area (Å²) in [5.74, 6) is -0.126. The summed E-state index contributed by atoms with van der Waals surface area (Å²) in [7, 11) is 0. The minimum Gasteiger partial charge on any atom is -0.321 e. The second kappa shape index (κ2) is 6.20. The number of nitrogens with one attached hydrogen (secondary N) is 1. The molecule has 1 amide bonds. The standard InChI is InChI=1S/C14H10Br3NO/c1-8-6-11(16)7-12(17)13(8)18-14(19)9-2-4-10(15)5-3-9/h2-7H,1H3,(H,18,19). The number of hydrogen-bond donors (Lipinski definition) is 1. The first-order valence-corrected chi connectivity index (χ1v) is 7.88. The van der Waals surface area contributed by atoms with Crippen LogP contribution >= 0.6 is 47.8 Å². The van der Waals surface area contributed by atoms with E-state index >= 15 is 0 Å². The highest BCUT2D eigenvalue weighted by Crippen LogP contribution is 2.30. The van der Waals surface area contributed by atoms with Crippen LogP contribution < -0.4 is 5.32 Å². The minimum atomic E-state index is -0.126. The average Bonchev–Trinajstić information content (AvgIpc) is 2.34. The van der Waals surface area contributed by atoms with Crippen LogP contribution in [0.15, 0.2) is 49.8 Å². The monoisotopic (exact) mass is 445 g/mol. The van der Waals surface area contributed by atoms with E-state index in [0.717, 1.165) is 24.7 Å². The zero-order valence-corrected chi connectivity index (χ0v) is 14.8. The van der Waals surface area contributed by atoms with Gasteiger partial charge in [-0.25, -0.2) is 0 Å². The number of rotatable bonds is 2. The molecule has 2 aromatic carbocycles. The molecule has 0 aliphatic rings. The van der Waals surface area contributed by atoms with Crippen molar-refractivity contribution in [3.8, 4) is 0 Å². The first-order valence-electron chi connectivity index (χ1n) is 5.50. The van der Waals surface area contributed by atoms with Gasteiger partial charge in [-0.3, -0.25) is 4.79 Å². The molecule has 0 saturated carbocycles. The average molecular weight is 448 g/mol. The number of aryl methyl sites for hydroxylation is 1. The quantitative estimate of drug-likeness (QED) is 0.643. The van der Waals surface area contributed by atoms with E-state index in [1.54, 1.807) is 12.1 Å². The molecule has 2 aromatic rings.